The van der Waals surface area contributed by atoms with Crippen LogP contribution in [0, 0.1) is 6.92 Å². The molecule has 0 aliphatic rings. The number of hydrogen-bond acceptors (Lipinski definition) is 0. The van der Waals surface area contributed by atoms with Gasteiger partial charge in [0, 0.05) is 10.8 Å². The molecule has 0 N–H and O–H groups in total. The van der Waals surface area contributed by atoms with Crippen LogP contribution in [0.2, 0.25) is 0 Å². The van der Waals surface area contributed by atoms with Crippen molar-refractivity contribution < 1.29 is 0 Å². The molecule has 5 rings (SSSR count). The van der Waals surface area contributed by atoms with Crippen LogP contribution in [-0.2, 0) is 0 Å². The van der Waals surface area contributed by atoms with Gasteiger partial charge in [-0.3, -0.25) is 2.78 Å². The van der Waals surface area contributed by atoms with Gasteiger partial charge in [0.25, 0.3) is 0 Å². The van der Waals surface area contributed by atoms with Crippen molar-refractivity contribution in [2.45, 2.75) is 6.92 Å². The second kappa shape index (κ2) is 6.54. The quantitative estimate of drug-likeness (QED) is 0.239. The van der Waals surface area contributed by atoms with E-state index >= 15 is 0 Å². The average Bonchev–Trinajstić information content (AvgIpc) is 3.00. The predicted molar refractivity (Wildman–Crippen MR) is 124 cm³/mol. The predicted octanol–water partition coefficient (Wildman–Crippen LogP) is 7.64. The number of aromatic nitrogens is 1. The van der Waals surface area contributed by atoms with Crippen LogP contribution in [-0.4, -0.2) is 2.78 Å². The molecule has 130 valence electrons. The molecule has 1 aromatic heterocycles. The minimum Gasteiger partial charge on any atom is -0.282 e. The molecule has 0 spiro atoms. The summed E-state index contributed by atoms with van der Waals surface area (Å²) in [5.41, 5.74) is 8.83. The highest BCUT2D eigenvalue weighted by Gasteiger charge is 2.11. The molecule has 0 unspecified atom stereocenters. The van der Waals surface area contributed by atoms with Crippen molar-refractivity contribution in [2.75, 3.05) is 0 Å². The summed E-state index contributed by atoms with van der Waals surface area (Å²) >= 11 is 2.42. The molecule has 1 heterocycles. The fourth-order valence-corrected chi connectivity index (χ4v) is 4.53. The first-order valence-corrected chi connectivity index (χ1v) is 10.0. The smallest absolute Gasteiger partial charge is 0.0646 e. The van der Waals surface area contributed by atoms with Gasteiger partial charge in [-0.1, -0.05) is 78.4 Å². The molecule has 0 atom stereocenters. The van der Waals surface area contributed by atoms with Crippen molar-refractivity contribution >= 4 is 44.7 Å². The molecular formula is C25H18IN. The van der Waals surface area contributed by atoms with Crippen LogP contribution >= 0.6 is 22.9 Å². The first kappa shape index (κ1) is 16.6. The van der Waals surface area contributed by atoms with Crippen LogP contribution < -0.4 is 0 Å². The number of fused-ring (bicyclic) bond motifs is 3. The van der Waals surface area contributed by atoms with Crippen molar-refractivity contribution in [3.8, 4) is 22.3 Å². The van der Waals surface area contributed by atoms with Gasteiger partial charge in [-0.15, -0.1) is 0 Å². The second-order valence-electron chi connectivity index (χ2n) is 6.98. The number of hydrogen-bond donors (Lipinski definition) is 0. The standard InChI is InChI=1S/C25H18IN/c1-17-7-9-19(10-8-17)21-11-13-22-23-15-20(18-5-3-2-4-6-18)12-14-24(23)27(26)25(22)16-21/h2-16H,1H3. The highest BCUT2D eigenvalue weighted by Crippen LogP contribution is 2.36. The third-order valence-electron chi connectivity index (χ3n) is 5.20. The highest BCUT2D eigenvalue weighted by atomic mass is 127. The lowest BCUT2D eigenvalue weighted by molar-refractivity contribution is 1.46. The number of halogens is 1. The molecule has 0 saturated heterocycles. The van der Waals surface area contributed by atoms with Crippen LogP contribution in [0.5, 0.6) is 0 Å². The van der Waals surface area contributed by atoms with E-state index in [-0.39, 0.29) is 0 Å². The van der Waals surface area contributed by atoms with E-state index in [1.807, 2.05) is 0 Å². The van der Waals surface area contributed by atoms with Crippen molar-refractivity contribution in [1.82, 2.24) is 2.78 Å². The van der Waals surface area contributed by atoms with Gasteiger partial charge in [-0.05, 0) is 47.4 Å². The van der Waals surface area contributed by atoms with E-state index in [0.29, 0.717) is 0 Å². The van der Waals surface area contributed by atoms with Crippen molar-refractivity contribution in [3.63, 3.8) is 0 Å². The van der Waals surface area contributed by atoms with Crippen LogP contribution in [0.4, 0.5) is 0 Å². The molecule has 27 heavy (non-hydrogen) atoms. The van der Waals surface area contributed by atoms with Crippen LogP contribution in [0.3, 0.4) is 0 Å². The lowest BCUT2D eigenvalue weighted by atomic mass is 10.0. The van der Waals surface area contributed by atoms with E-state index in [2.05, 4.69) is 124 Å². The average molecular weight is 459 g/mol. The van der Waals surface area contributed by atoms with Crippen LogP contribution in [0.1, 0.15) is 5.56 Å². The Bertz CT molecular complexity index is 1260. The second-order valence-corrected chi connectivity index (χ2v) is 7.94. The molecule has 0 aliphatic heterocycles. The SMILES string of the molecule is Cc1ccc(-c2ccc3c4cc(-c5ccccc5)ccc4n(I)c3c2)cc1. The maximum atomic E-state index is 2.42. The monoisotopic (exact) mass is 459 g/mol. The fraction of sp³-hybridized carbons (Fsp3) is 0.0400. The summed E-state index contributed by atoms with van der Waals surface area (Å²) in [5, 5.41) is 2.60. The Morgan fingerprint density at radius 3 is 1.96 bits per heavy atom. The minimum atomic E-state index is 1.25. The van der Waals surface area contributed by atoms with E-state index < -0.39 is 0 Å². The summed E-state index contributed by atoms with van der Waals surface area (Å²) < 4.78 is 2.27. The van der Waals surface area contributed by atoms with Crippen molar-refractivity contribution in [2.24, 2.45) is 0 Å². The summed E-state index contributed by atoms with van der Waals surface area (Å²) in [6.45, 7) is 2.13. The van der Waals surface area contributed by atoms with E-state index in [1.165, 1.54) is 49.6 Å². The molecule has 1 nitrogen and oxygen atoms in total. The maximum Gasteiger partial charge on any atom is 0.0646 e. The molecule has 5 aromatic rings. The van der Waals surface area contributed by atoms with E-state index in [4.69, 9.17) is 0 Å². The Labute approximate surface area is 172 Å². The Kier molecular flexibility index (Phi) is 4.01. The lowest BCUT2D eigenvalue weighted by Gasteiger charge is -2.04. The lowest BCUT2D eigenvalue weighted by Crippen LogP contribution is -1.81. The first-order chi connectivity index (χ1) is 13.2. The molecule has 0 bridgehead atoms. The zero-order valence-electron chi connectivity index (χ0n) is 15.0. The Hall–Kier alpha value is -2.59. The summed E-state index contributed by atoms with van der Waals surface area (Å²) in [6, 6.07) is 32.9. The largest absolute Gasteiger partial charge is 0.282 e. The van der Waals surface area contributed by atoms with Gasteiger partial charge in [0.1, 0.15) is 0 Å². The molecule has 0 radical (unpaired) electrons. The van der Waals surface area contributed by atoms with Gasteiger partial charge in [-0.2, -0.15) is 0 Å². The zero-order valence-corrected chi connectivity index (χ0v) is 17.1. The summed E-state index contributed by atoms with van der Waals surface area (Å²) in [6.07, 6.45) is 0. The topological polar surface area (TPSA) is 4.93 Å². The van der Waals surface area contributed by atoms with E-state index in [0.717, 1.165) is 0 Å². The Morgan fingerprint density at radius 1 is 0.556 bits per heavy atom. The van der Waals surface area contributed by atoms with Gasteiger partial charge in [0.2, 0.25) is 0 Å². The molecule has 0 aliphatic carbocycles. The van der Waals surface area contributed by atoms with Crippen LogP contribution in [0.15, 0.2) is 91.0 Å². The van der Waals surface area contributed by atoms with E-state index in [1.54, 1.807) is 0 Å². The van der Waals surface area contributed by atoms with Gasteiger partial charge in [-0.25, -0.2) is 0 Å². The highest BCUT2D eigenvalue weighted by molar-refractivity contribution is 14.1. The molecule has 4 aromatic carbocycles. The summed E-state index contributed by atoms with van der Waals surface area (Å²) in [7, 11) is 0. The Morgan fingerprint density at radius 2 is 1.19 bits per heavy atom. The normalized spacial score (nSPS) is 11.3. The number of aryl methyl sites for hydroxylation is 1. The third-order valence-corrected chi connectivity index (χ3v) is 6.24. The van der Waals surface area contributed by atoms with Crippen molar-refractivity contribution in [3.05, 3.63) is 96.6 Å². The Balaban J connectivity index is 1.71. The summed E-state index contributed by atoms with van der Waals surface area (Å²) in [5.74, 6) is 0. The number of nitrogens with zero attached hydrogens (tertiary/aromatic N) is 1. The molecule has 0 saturated carbocycles. The van der Waals surface area contributed by atoms with Gasteiger partial charge < -0.3 is 0 Å². The molecular weight excluding hydrogens is 441 g/mol. The number of rotatable bonds is 2. The zero-order chi connectivity index (χ0) is 18.4. The fourth-order valence-electron chi connectivity index (χ4n) is 3.71. The number of benzene rings is 4. The van der Waals surface area contributed by atoms with Gasteiger partial charge in [0.15, 0.2) is 0 Å². The minimum absolute atomic E-state index is 1.25. The van der Waals surface area contributed by atoms with Gasteiger partial charge in [0.05, 0.1) is 33.9 Å². The van der Waals surface area contributed by atoms with E-state index in [9.17, 15) is 0 Å². The summed E-state index contributed by atoms with van der Waals surface area (Å²) in [4.78, 5) is 0. The molecule has 0 fully saturated rings. The maximum absolute atomic E-state index is 2.42. The third kappa shape index (κ3) is 2.85. The molecule has 2 heteroatoms. The molecule has 0 amide bonds. The van der Waals surface area contributed by atoms with Crippen molar-refractivity contribution in [1.29, 1.82) is 0 Å². The van der Waals surface area contributed by atoms with Crippen LogP contribution in [0.25, 0.3) is 44.1 Å². The first-order valence-electron chi connectivity index (χ1n) is 9.07. The van der Waals surface area contributed by atoms with Gasteiger partial charge >= 0.3 is 0 Å².